The molecule has 0 aliphatic rings. The highest BCUT2D eigenvalue weighted by Gasteiger charge is 2.19. The smallest absolute Gasteiger partial charge is 0.260 e. The van der Waals surface area contributed by atoms with Crippen LogP contribution in [-0.2, 0) is 9.59 Å². The van der Waals surface area contributed by atoms with Gasteiger partial charge in [0.1, 0.15) is 5.75 Å². The molecule has 0 aliphatic carbocycles. The summed E-state index contributed by atoms with van der Waals surface area (Å²) in [5, 5.41) is 4.99. The van der Waals surface area contributed by atoms with E-state index in [9.17, 15) is 9.59 Å². The maximum absolute atomic E-state index is 12.4. The number of hydrogen-bond donors (Lipinski definition) is 1. The number of rotatable bonds is 6. The summed E-state index contributed by atoms with van der Waals surface area (Å²) < 4.78 is 6.65. The summed E-state index contributed by atoms with van der Waals surface area (Å²) in [4.78, 5) is 25.9. The van der Waals surface area contributed by atoms with Crippen LogP contribution < -0.4 is 10.1 Å². The minimum atomic E-state index is -0.323. The first-order valence-electron chi connectivity index (χ1n) is 8.59. The first-order valence-corrected chi connectivity index (χ1v) is 9.38. The molecule has 2 amide bonds. The van der Waals surface area contributed by atoms with Crippen LogP contribution in [-0.4, -0.2) is 41.9 Å². The van der Waals surface area contributed by atoms with E-state index < -0.39 is 0 Å². The highest BCUT2D eigenvalue weighted by molar-refractivity contribution is 9.10. The Morgan fingerprint density at radius 2 is 1.77 bits per heavy atom. The minimum absolute atomic E-state index is 0.0295. The van der Waals surface area contributed by atoms with Crippen molar-refractivity contribution in [3.8, 4) is 5.75 Å². The molecule has 0 radical (unpaired) electrons. The number of ether oxygens (including phenoxy) is 1. The molecule has 1 N–H and O–H groups in total. The monoisotopic (exact) mass is 420 g/mol. The fourth-order valence-corrected chi connectivity index (χ4v) is 2.91. The maximum Gasteiger partial charge on any atom is 0.260 e. The Morgan fingerprint density at radius 3 is 2.42 bits per heavy atom. The largest absolute Gasteiger partial charge is 0.484 e. The number of benzene rings is 2. The van der Waals surface area contributed by atoms with Gasteiger partial charge in [-0.05, 0) is 62.7 Å². The number of fused-ring (bicyclic) bond motifs is 1. The molecule has 6 heteroatoms. The van der Waals surface area contributed by atoms with E-state index in [1.54, 1.807) is 0 Å². The van der Waals surface area contributed by atoms with Gasteiger partial charge in [0.05, 0.1) is 6.54 Å². The third-order valence-corrected chi connectivity index (χ3v) is 4.21. The quantitative estimate of drug-likeness (QED) is 0.773. The fraction of sp³-hybridized carbons (Fsp3) is 0.400. The number of carbonyl (C=O) groups is 2. The lowest BCUT2D eigenvalue weighted by atomic mass is 10.1. The standard InChI is InChI=1S/C20H25BrN2O3/c1-5-23(12-18(24)22-20(2,3)4)19(25)13-26-17-9-7-14-10-16(21)8-6-15(14)11-17/h6-11H,5,12-13H2,1-4H3,(H,22,24). The van der Waals surface area contributed by atoms with Crippen molar-refractivity contribution in [3.05, 3.63) is 40.9 Å². The average Bonchev–Trinajstić information content (AvgIpc) is 2.55. The number of carbonyl (C=O) groups excluding carboxylic acids is 2. The second-order valence-electron chi connectivity index (χ2n) is 7.15. The molecule has 5 nitrogen and oxygen atoms in total. The summed E-state index contributed by atoms with van der Waals surface area (Å²) in [5.74, 6) is 0.236. The van der Waals surface area contributed by atoms with Crippen LogP contribution in [0.5, 0.6) is 5.75 Å². The average molecular weight is 421 g/mol. The molecule has 0 fully saturated rings. The predicted molar refractivity (Wildman–Crippen MR) is 107 cm³/mol. The summed E-state index contributed by atoms with van der Waals surface area (Å²) in [6.07, 6.45) is 0. The van der Waals surface area contributed by atoms with Crippen molar-refractivity contribution in [1.29, 1.82) is 0 Å². The fourth-order valence-electron chi connectivity index (χ4n) is 2.53. The van der Waals surface area contributed by atoms with Gasteiger partial charge in [0, 0.05) is 16.6 Å². The van der Waals surface area contributed by atoms with Crippen molar-refractivity contribution >= 4 is 38.5 Å². The highest BCUT2D eigenvalue weighted by atomic mass is 79.9. The second-order valence-corrected chi connectivity index (χ2v) is 8.06. The molecule has 0 spiro atoms. The number of halogens is 1. The number of nitrogens with zero attached hydrogens (tertiary/aromatic N) is 1. The van der Waals surface area contributed by atoms with Crippen LogP contribution in [0.3, 0.4) is 0 Å². The van der Waals surface area contributed by atoms with Crippen LogP contribution in [0.15, 0.2) is 40.9 Å². The van der Waals surface area contributed by atoms with Crippen LogP contribution in [0.25, 0.3) is 10.8 Å². The maximum atomic E-state index is 12.4. The van der Waals surface area contributed by atoms with Crippen molar-refractivity contribution in [2.75, 3.05) is 19.7 Å². The van der Waals surface area contributed by atoms with Gasteiger partial charge in [0.2, 0.25) is 5.91 Å². The number of likely N-dealkylation sites (N-methyl/N-ethyl adjacent to an activating group) is 1. The molecule has 0 saturated heterocycles. The molecule has 2 aromatic rings. The van der Waals surface area contributed by atoms with E-state index in [-0.39, 0.29) is 30.5 Å². The van der Waals surface area contributed by atoms with E-state index in [2.05, 4.69) is 21.2 Å². The molecule has 2 rings (SSSR count). The van der Waals surface area contributed by atoms with E-state index in [4.69, 9.17) is 4.74 Å². The van der Waals surface area contributed by atoms with Gasteiger partial charge in [0.15, 0.2) is 6.61 Å². The lowest BCUT2D eigenvalue weighted by Gasteiger charge is -2.25. The van der Waals surface area contributed by atoms with Crippen molar-refractivity contribution in [1.82, 2.24) is 10.2 Å². The van der Waals surface area contributed by atoms with Gasteiger partial charge in [-0.3, -0.25) is 9.59 Å². The Kier molecular flexibility index (Phi) is 6.64. The number of amides is 2. The van der Waals surface area contributed by atoms with Crippen LogP contribution in [0, 0.1) is 0 Å². The summed E-state index contributed by atoms with van der Waals surface area (Å²) in [7, 11) is 0. The van der Waals surface area contributed by atoms with E-state index in [0.29, 0.717) is 12.3 Å². The van der Waals surface area contributed by atoms with Crippen molar-refractivity contribution in [2.45, 2.75) is 33.2 Å². The Morgan fingerprint density at radius 1 is 1.12 bits per heavy atom. The molecule has 0 saturated carbocycles. The summed E-state index contributed by atoms with van der Waals surface area (Å²) in [6.45, 7) is 7.95. The summed E-state index contributed by atoms with van der Waals surface area (Å²) in [6, 6.07) is 11.7. The molecule has 0 aliphatic heterocycles. The van der Waals surface area contributed by atoms with Gasteiger partial charge < -0.3 is 15.0 Å². The lowest BCUT2D eigenvalue weighted by molar-refractivity contribution is -0.137. The van der Waals surface area contributed by atoms with Gasteiger partial charge >= 0.3 is 0 Å². The molecule has 0 aromatic heterocycles. The normalized spacial score (nSPS) is 11.3. The van der Waals surface area contributed by atoms with Gasteiger partial charge in [-0.25, -0.2) is 0 Å². The van der Waals surface area contributed by atoms with Crippen LogP contribution >= 0.6 is 15.9 Å². The van der Waals surface area contributed by atoms with Crippen LogP contribution in [0.2, 0.25) is 0 Å². The number of nitrogens with one attached hydrogen (secondary N) is 1. The topological polar surface area (TPSA) is 58.6 Å². The predicted octanol–water partition coefficient (Wildman–Crippen LogP) is 3.74. The molecular weight excluding hydrogens is 396 g/mol. The van der Waals surface area contributed by atoms with Crippen molar-refractivity contribution in [3.63, 3.8) is 0 Å². The summed E-state index contributed by atoms with van der Waals surface area (Å²) in [5.41, 5.74) is -0.323. The lowest BCUT2D eigenvalue weighted by Crippen LogP contribution is -2.48. The third-order valence-electron chi connectivity index (χ3n) is 3.72. The van der Waals surface area contributed by atoms with Crippen LogP contribution in [0.4, 0.5) is 0 Å². The molecule has 26 heavy (non-hydrogen) atoms. The highest BCUT2D eigenvalue weighted by Crippen LogP contribution is 2.24. The zero-order valence-electron chi connectivity index (χ0n) is 15.6. The van der Waals surface area contributed by atoms with E-state index in [1.807, 2.05) is 64.1 Å². The van der Waals surface area contributed by atoms with E-state index >= 15 is 0 Å². The van der Waals surface area contributed by atoms with Gasteiger partial charge in [-0.2, -0.15) is 0 Å². The molecule has 0 heterocycles. The molecule has 0 atom stereocenters. The first-order chi connectivity index (χ1) is 12.2. The zero-order valence-corrected chi connectivity index (χ0v) is 17.2. The van der Waals surface area contributed by atoms with Crippen LogP contribution in [0.1, 0.15) is 27.7 Å². The molecule has 0 bridgehead atoms. The van der Waals surface area contributed by atoms with Gasteiger partial charge in [-0.1, -0.05) is 28.1 Å². The van der Waals surface area contributed by atoms with Gasteiger partial charge in [0.25, 0.3) is 5.91 Å². The Balaban J connectivity index is 1.95. The molecule has 0 unspecified atom stereocenters. The number of hydrogen-bond acceptors (Lipinski definition) is 3. The first kappa shape index (κ1) is 20.2. The van der Waals surface area contributed by atoms with E-state index in [1.165, 1.54) is 4.90 Å². The molecular formula is C20H25BrN2O3. The molecule has 2 aromatic carbocycles. The second kappa shape index (κ2) is 8.54. The Hall–Kier alpha value is -2.08. The summed E-state index contributed by atoms with van der Waals surface area (Å²) >= 11 is 3.45. The van der Waals surface area contributed by atoms with Crippen molar-refractivity contribution in [2.24, 2.45) is 0 Å². The molecule has 140 valence electrons. The third kappa shape index (κ3) is 6.02. The SMILES string of the molecule is CCN(CC(=O)NC(C)(C)C)C(=O)COc1ccc2cc(Br)ccc2c1. The Labute approximate surface area is 162 Å². The minimum Gasteiger partial charge on any atom is -0.484 e. The van der Waals surface area contributed by atoms with Gasteiger partial charge in [-0.15, -0.1) is 0 Å². The Bertz CT molecular complexity index is 799. The van der Waals surface area contributed by atoms with Crippen molar-refractivity contribution < 1.29 is 14.3 Å². The van der Waals surface area contributed by atoms with E-state index in [0.717, 1.165) is 15.2 Å². The zero-order chi connectivity index (χ0) is 19.3.